The second-order valence-corrected chi connectivity index (χ2v) is 19.4. The molecule has 0 radical (unpaired) electrons. The summed E-state index contributed by atoms with van der Waals surface area (Å²) in [7, 11) is -4.30. The maximum absolute atomic E-state index is 15.4. The Hall–Kier alpha value is -6.34. The van der Waals surface area contributed by atoms with E-state index in [2.05, 4.69) is 45.2 Å². The molecule has 0 aliphatic heterocycles. The number of ether oxygens (including phenoxy) is 2. The summed E-state index contributed by atoms with van der Waals surface area (Å²) in [6.07, 6.45) is 11.3. The van der Waals surface area contributed by atoms with Gasteiger partial charge in [0.1, 0.15) is 36.2 Å². The zero-order valence-corrected chi connectivity index (χ0v) is 39.6. The quantitative estimate of drug-likeness (QED) is 0.0960. The molecular formula is C48H49ClF4N10O4S. The lowest BCUT2D eigenvalue weighted by atomic mass is 9.84. The lowest BCUT2D eigenvalue weighted by Crippen LogP contribution is -2.34. The van der Waals surface area contributed by atoms with Gasteiger partial charge in [0, 0.05) is 59.2 Å². The molecule has 2 aliphatic rings. The Balaban J connectivity index is 0.000000219. The molecule has 5 aromatic heterocycles. The van der Waals surface area contributed by atoms with Gasteiger partial charge in [-0.2, -0.15) is 0 Å². The van der Waals surface area contributed by atoms with Crippen molar-refractivity contribution in [3.8, 4) is 23.1 Å². The minimum absolute atomic E-state index is 0.0169. The summed E-state index contributed by atoms with van der Waals surface area (Å²) in [5, 5.41) is 3.19. The van der Waals surface area contributed by atoms with Gasteiger partial charge in [-0.3, -0.25) is 0 Å². The van der Waals surface area contributed by atoms with Crippen LogP contribution in [0.4, 0.5) is 23.4 Å². The predicted octanol–water partition coefficient (Wildman–Crippen LogP) is 10.1. The van der Waals surface area contributed by atoms with Gasteiger partial charge >= 0.3 is 0 Å². The van der Waals surface area contributed by atoms with E-state index in [1.54, 1.807) is 32.0 Å². The van der Waals surface area contributed by atoms with Crippen molar-refractivity contribution in [1.29, 1.82) is 0 Å². The van der Waals surface area contributed by atoms with Gasteiger partial charge in [0.2, 0.25) is 17.0 Å². The number of hydrogen-bond acceptors (Lipinski definition) is 13. The van der Waals surface area contributed by atoms with E-state index in [1.165, 1.54) is 31.7 Å². The number of nitrogens with zero attached hydrogens (tertiary/aromatic N) is 9. The number of hydrogen-bond donors (Lipinski definition) is 1. The fourth-order valence-electron chi connectivity index (χ4n) is 8.65. The van der Waals surface area contributed by atoms with Crippen LogP contribution in [0.2, 0.25) is 5.28 Å². The summed E-state index contributed by atoms with van der Waals surface area (Å²) in [5.74, 6) is -1.84. The molecule has 2 aliphatic carbocycles. The van der Waals surface area contributed by atoms with Gasteiger partial charge in [0.05, 0.1) is 22.0 Å². The second-order valence-electron chi connectivity index (χ2n) is 17.3. The number of fused-ring (bicyclic) bond motifs is 1. The van der Waals surface area contributed by atoms with Crippen LogP contribution in [0.1, 0.15) is 85.4 Å². The molecule has 356 valence electrons. The Bertz CT molecular complexity index is 3070. The van der Waals surface area contributed by atoms with Crippen molar-refractivity contribution in [1.82, 2.24) is 43.8 Å². The van der Waals surface area contributed by atoms with Gasteiger partial charge < -0.3 is 14.8 Å². The van der Waals surface area contributed by atoms with Crippen LogP contribution in [-0.4, -0.2) is 70.5 Å². The van der Waals surface area contributed by atoms with E-state index in [0.29, 0.717) is 48.0 Å². The van der Waals surface area contributed by atoms with Gasteiger partial charge in [-0.25, -0.2) is 69.8 Å². The number of aromatic nitrogens is 9. The SMILES string of the molecule is Cc1cc(OC2CCCC(Cc3nc(Cl)nc(C)c3F)C2)ncn1.Cc1ccc(S(=O)(=O)n2cc(-c3nc(C)c(F)c(NC4CCCC(Oc5cc(C)ncn5)C4)n3)c3cc(F)cc(F)c32)cc1. The molecule has 9 rings (SSSR count). The van der Waals surface area contributed by atoms with Crippen LogP contribution in [0.3, 0.4) is 0 Å². The first-order valence-corrected chi connectivity index (χ1v) is 24.0. The summed E-state index contributed by atoms with van der Waals surface area (Å²) in [6.45, 7) is 8.61. The first kappa shape index (κ1) is 48.1. The van der Waals surface area contributed by atoms with E-state index in [0.717, 1.165) is 78.1 Å². The van der Waals surface area contributed by atoms with Gasteiger partial charge in [-0.1, -0.05) is 17.7 Å². The molecule has 68 heavy (non-hydrogen) atoms. The highest BCUT2D eigenvalue weighted by Crippen LogP contribution is 2.36. The normalized spacial score (nSPS) is 18.4. The summed E-state index contributed by atoms with van der Waals surface area (Å²) in [4.78, 5) is 32.9. The largest absolute Gasteiger partial charge is 0.474 e. The molecule has 2 saturated carbocycles. The average Bonchev–Trinajstić information content (AvgIpc) is 3.68. The van der Waals surface area contributed by atoms with Gasteiger partial charge in [0.15, 0.2) is 29.1 Å². The van der Waals surface area contributed by atoms with E-state index in [1.807, 2.05) is 19.9 Å². The summed E-state index contributed by atoms with van der Waals surface area (Å²) in [5.41, 5.74) is 2.83. The standard InChI is InChI=1S/C31H29F3N6O3S.C17H20ClFN4O/c1-17-7-9-23(10-8-17)44(41,42)40-15-25(24-12-20(32)13-26(33)29(24)40)30-37-19(3)28(34)31(39-30)38-21-5-4-6-22(14-21)43-27-11-18(2)35-16-36-27;1-10-6-15(21-9-20-10)24-13-5-3-4-12(7-13)8-14-16(19)11(2)22-17(18)23-14/h7-13,15-16,21-22H,4-6,14H2,1-3H3,(H,37,38,39);6,9,12-13H,3-5,7-8H2,1-2H3. The fourth-order valence-corrected chi connectivity index (χ4v) is 10.3. The highest BCUT2D eigenvalue weighted by molar-refractivity contribution is 7.90. The first-order valence-electron chi connectivity index (χ1n) is 22.2. The molecule has 0 saturated heterocycles. The number of benzene rings is 2. The molecule has 2 fully saturated rings. The highest BCUT2D eigenvalue weighted by atomic mass is 35.5. The molecule has 4 unspecified atom stereocenters. The van der Waals surface area contributed by atoms with Crippen LogP contribution in [0.15, 0.2) is 72.3 Å². The van der Waals surface area contributed by atoms with Crippen LogP contribution in [0.25, 0.3) is 22.3 Å². The number of halogens is 5. The van der Waals surface area contributed by atoms with Gasteiger partial charge in [-0.05, 0) is 122 Å². The number of rotatable bonds is 11. The zero-order valence-electron chi connectivity index (χ0n) is 38.0. The van der Waals surface area contributed by atoms with E-state index in [9.17, 15) is 17.2 Å². The summed E-state index contributed by atoms with van der Waals surface area (Å²) < 4.78 is 99.4. The zero-order chi connectivity index (χ0) is 48.3. The third-order valence-corrected chi connectivity index (χ3v) is 13.8. The van der Waals surface area contributed by atoms with Crippen molar-refractivity contribution in [2.45, 2.75) is 116 Å². The van der Waals surface area contributed by atoms with E-state index < -0.39 is 27.5 Å². The van der Waals surface area contributed by atoms with Crippen molar-refractivity contribution in [3.05, 3.63) is 130 Å². The molecule has 5 heterocycles. The van der Waals surface area contributed by atoms with Crippen molar-refractivity contribution in [2.75, 3.05) is 5.32 Å². The lowest BCUT2D eigenvalue weighted by Gasteiger charge is -2.30. The molecule has 7 aromatic rings. The molecule has 0 amide bonds. The number of aryl methyl sites for hydroxylation is 5. The molecular weight excluding hydrogens is 924 g/mol. The van der Waals surface area contributed by atoms with E-state index in [4.69, 9.17) is 21.1 Å². The summed E-state index contributed by atoms with van der Waals surface area (Å²) in [6, 6.07) is 11.1. The Labute approximate surface area is 396 Å². The van der Waals surface area contributed by atoms with Crippen molar-refractivity contribution >= 4 is 38.3 Å². The monoisotopic (exact) mass is 972 g/mol. The van der Waals surface area contributed by atoms with Crippen molar-refractivity contribution in [3.63, 3.8) is 0 Å². The Morgan fingerprint density at radius 2 is 1.37 bits per heavy atom. The fraction of sp³-hybridized carbons (Fsp3) is 0.375. The van der Waals surface area contributed by atoms with Crippen LogP contribution >= 0.6 is 11.6 Å². The smallest absolute Gasteiger partial charge is 0.268 e. The lowest BCUT2D eigenvalue weighted by molar-refractivity contribution is 0.117. The summed E-state index contributed by atoms with van der Waals surface area (Å²) >= 11 is 5.86. The van der Waals surface area contributed by atoms with Crippen LogP contribution in [0, 0.1) is 63.8 Å². The van der Waals surface area contributed by atoms with Crippen LogP contribution < -0.4 is 14.8 Å². The van der Waals surface area contributed by atoms with Crippen LogP contribution in [0.5, 0.6) is 11.8 Å². The second kappa shape index (κ2) is 20.5. The van der Waals surface area contributed by atoms with Gasteiger partial charge in [0.25, 0.3) is 10.0 Å². The first-order chi connectivity index (χ1) is 32.5. The molecule has 2 aromatic carbocycles. The van der Waals surface area contributed by atoms with Gasteiger partial charge in [-0.15, -0.1) is 0 Å². The Kier molecular flexibility index (Phi) is 14.5. The number of anilines is 1. The third-order valence-electron chi connectivity index (χ3n) is 12.0. The third kappa shape index (κ3) is 11.2. The average molecular weight is 973 g/mol. The Morgan fingerprint density at radius 3 is 2.03 bits per heavy atom. The highest BCUT2D eigenvalue weighted by Gasteiger charge is 2.30. The molecule has 4 atom stereocenters. The maximum atomic E-state index is 15.4. The molecule has 20 heteroatoms. The van der Waals surface area contributed by atoms with E-state index in [-0.39, 0.29) is 68.0 Å². The number of nitrogens with one attached hydrogen (secondary N) is 1. The molecule has 0 bridgehead atoms. The minimum atomic E-state index is -4.30. The topological polar surface area (TPSA) is 173 Å². The molecule has 1 N–H and O–H groups in total. The molecule has 14 nitrogen and oxygen atoms in total. The van der Waals surface area contributed by atoms with Crippen molar-refractivity contribution < 1.29 is 35.5 Å². The van der Waals surface area contributed by atoms with Crippen molar-refractivity contribution in [2.24, 2.45) is 5.92 Å². The predicted molar refractivity (Wildman–Crippen MR) is 247 cm³/mol. The van der Waals surface area contributed by atoms with Crippen LogP contribution in [-0.2, 0) is 16.4 Å². The Morgan fingerprint density at radius 1 is 0.735 bits per heavy atom. The minimum Gasteiger partial charge on any atom is -0.474 e. The maximum Gasteiger partial charge on any atom is 0.268 e. The van der Waals surface area contributed by atoms with E-state index >= 15 is 8.78 Å². The molecule has 0 spiro atoms.